The van der Waals surface area contributed by atoms with Crippen LogP contribution in [0.15, 0.2) is 54.6 Å². The van der Waals surface area contributed by atoms with E-state index in [2.05, 4.69) is 20.4 Å². The number of amides is 1. The molecular formula is C22H24N4O. The summed E-state index contributed by atoms with van der Waals surface area (Å²) in [6, 6.07) is 17.8. The van der Waals surface area contributed by atoms with Crippen molar-refractivity contribution in [1.29, 1.82) is 0 Å². The molecule has 1 aromatic heterocycles. The van der Waals surface area contributed by atoms with Gasteiger partial charge >= 0.3 is 0 Å². The highest BCUT2D eigenvalue weighted by Crippen LogP contribution is 2.28. The maximum absolute atomic E-state index is 12.9. The molecule has 0 unspecified atom stereocenters. The van der Waals surface area contributed by atoms with Crippen LogP contribution in [0.5, 0.6) is 0 Å². The molecule has 1 N–H and O–H groups in total. The van der Waals surface area contributed by atoms with E-state index in [-0.39, 0.29) is 11.9 Å². The Kier molecular flexibility index (Phi) is 5.01. The number of carbonyl (C=O) groups excluding carboxylic acids is 1. The smallest absolute Gasteiger partial charge is 0.272 e. The fraction of sp³-hybridized carbons (Fsp3) is 0.318. The predicted molar refractivity (Wildman–Crippen MR) is 108 cm³/mol. The molecular weight excluding hydrogens is 336 g/mol. The van der Waals surface area contributed by atoms with Crippen molar-refractivity contribution in [2.24, 2.45) is 0 Å². The van der Waals surface area contributed by atoms with E-state index >= 15 is 0 Å². The second-order valence-electron chi connectivity index (χ2n) is 7.07. The summed E-state index contributed by atoms with van der Waals surface area (Å²) >= 11 is 0. The molecule has 0 saturated carbocycles. The summed E-state index contributed by atoms with van der Waals surface area (Å²) in [4.78, 5) is 15.2. The number of piperidine rings is 1. The van der Waals surface area contributed by atoms with E-state index in [1.807, 2.05) is 61.5 Å². The highest BCUT2D eigenvalue weighted by Gasteiger charge is 2.21. The Bertz CT molecular complexity index is 935. The lowest BCUT2D eigenvalue weighted by Gasteiger charge is -2.28. The SMILES string of the molecule is C[C@@H](NC(=O)c1nnc(N2CCCCC2)c2ccccc12)c1ccccc1. The Morgan fingerprint density at radius 3 is 2.33 bits per heavy atom. The van der Waals surface area contributed by atoms with E-state index in [0.717, 1.165) is 35.2 Å². The molecule has 1 amide bonds. The van der Waals surface area contributed by atoms with Gasteiger partial charge in [0.15, 0.2) is 11.5 Å². The van der Waals surface area contributed by atoms with E-state index in [0.29, 0.717) is 5.69 Å². The van der Waals surface area contributed by atoms with Crippen LogP contribution in [0.25, 0.3) is 10.8 Å². The third-order valence-electron chi connectivity index (χ3n) is 5.19. The molecule has 1 saturated heterocycles. The quantitative estimate of drug-likeness (QED) is 0.761. The third-order valence-corrected chi connectivity index (χ3v) is 5.19. The molecule has 27 heavy (non-hydrogen) atoms. The van der Waals surface area contributed by atoms with Crippen molar-refractivity contribution in [2.45, 2.75) is 32.2 Å². The minimum atomic E-state index is -0.194. The Labute approximate surface area is 159 Å². The Hall–Kier alpha value is -2.95. The average molecular weight is 360 g/mol. The standard InChI is InChI=1S/C22H24N4O/c1-16(17-10-4-2-5-11-17)23-22(27)20-18-12-6-7-13-19(18)21(25-24-20)26-14-8-3-9-15-26/h2,4-7,10-13,16H,3,8-9,14-15H2,1H3,(H,23,27)/t16-/m1/s1. The molecule has 1 aliphatic rings. The summed E-state index contributed by atoms with van der Waals surface area (Å²) < 4.78 is 0. The first-order valence-electron chi connectivity index (χ1n) is 9.60. The van der Waals surface area contributed by atoms with E-state index in [1.54, 1.807) is 0 Å². The average Bonchev–Trinajstić information content (AvgIpc) is 2.74. The van der Waals surface area contributed by atoms with Crippen molar-refractivity contribution in [3.63, 3.8) is 0 Å². The van der Waals surface area contributed by atoms with Crippen LogP contribution in [0.2, 0.25) is 0 Å². The minimum Gasteiger partial charge on any atom is -0.355 e. The maximum atomic E-state index is 12.9. The minimum absolute atomic E-state index is 0.0963. The Morgan fingerprint density at radius 2 is 1.59 bits per heavy atom. The molecule has 0 bridgehead atoms. The fourth-order valence-corrected chi connectivity index (χ4v) is 3.69. The number of anilines is 1. The molecule has 2 aromatic carbocycles. The molecule has 138 valence electrons. The van der Waals surface area contributed by atoms with E-state index in [1.165, 1.54) is 19.3 Å². The second-order valence-corrected chi connectivity index (χ2v) is 7.07. The first kappa shape index (κ1) is 17.5. The maximum Gasteiger partial charge on any atom is 0.272 e. The number of hydrogen-bond donors (Lipinski definition) is 1. The summed E-state index contributed by atoms with van der Waals surface area (Å²) in [5.74, 6) is 0.693. The molecule has 1 aliphatic heterocycles. The zero-order valence-corrected chi connectivity index (χ0v) is 15.6. The predicted octanol–water partition coefficient (Wildman–Crippen LogP) is 4.11. The van der Waals surface area contributed by atoms with Crippen LogP contribution in [-0.2, 0) is 0 Å². The van der Waals surface area contributed by atoms with Gasteiger partial charge in [-0.2, -0.15) is 0 Å². The van der Waals surface area contributed by atoms with Crippen molar-refractivity contribution < 1.29 is 4.79 Å². The number of aromatic nitrogens is 2. The van der Waals surface area contributed by atoms with Gasteiger partial charge in [-0.05, 0) is 31.7 Å². The first-order chi connectivity index (χ1) is 13.2. The van der Waals surface area contributed by atoms with Crippen LogP contribution >= 0.6 is 0 Å². The van der Waals surface area contributed by atoms with Gasteiger partial charge in [-0.1, -0.05) is 54.6 Å². The first-order valence-corrected chi connectivity index (χ1v) is 9.60. The van der Waals surface area contributed by atoms with Gasteiger partial charge in [0.05, 0.1) is 6.04 Å². The number of fused-ring (bicyclic) bond motifs is 1. The van der Waals surface area contributed by atoms with Crippen LogP contribution in [0, 0.1) is 0 Å². The van der Waals surface area contributed by atoms with Crippen LogP contribution in [-0.4, -0.2) is 29.2 Å². The highest BCUT2D eigenvalue weighted by molar-refractivity contribution is 6.07. The van der Waals surface area contributed by atoms with Crippen molar-refractivity contribution in [3.05, 3.63) is 65.9 Å². The summed E-state index contributed by atoms with van der Waals surface area (Å²) in [5.41, 5.74) is 1.45. The molecule has 5 nitrogen and oxygen atoms in total. The number of benzene rings is 2. The fourth-order valence-electron chi connectivity index (χ4n) is 3.69. The third kappa shape index (κ3) is 3.63. The Morgan fingerprint density at radius 1 is 0.926 bits per heavy atom. The van der Waals surface area contributed by atoms with Crippen LogP contribution in [0.4, 0.5) is 5.82 Å². The molecule has 0 spiro atoms. The number of nitrogens with zero attached hydrogens (tertiary/aromatic N) is 3. The van der Waals surface area contributed by atoms with Gasteiger partial charge in [-0.25, -0.2) is 0 Å². The van der Waals surface area contributed by atoms with E-state index < -0.39 is 0 Å². The van der Waals surface area contributed by atoms with Crippen molar-refractivity contribution in [1.82, 2.24) is 15.5 Å². The highest BCUT2D eigenvalue weighted by atomic mass is 16.2. The zero-order chi connectivity index (χ0) is 18.6. The molecule has 3 aromatic rings. The van der Waals surface area contributed by atoms with Gasteiger partial charge in [0, 0.05) is 23.9 Å². The van der Waals surface area contributed by atoms with Gasteiger partial charge in [0.1, 0.15) is 0 Å². The number of nitrogens with one attached hydrogen (secondary N) is 1. The largest absolute Gasteiger partial charge is 0.355 e. The Balaban J connectivity index is 1.65. The van der Waals surface area contributed by atoms with Gasteiger partial charge in [-0.15, -0.1) is 10.2 Å². The molecule has 5 heteroatoms. The van der Waals surface area contributed by atoms with Gasteiger partial charge < -0.3 is 10.2 Å². The molecule has 1 fully saturated rings. The zero-order valence-electron chi connectivity index (χ0n) is 15.6. The number of rotatable bonds is 4. The molecule has 0 radical (unpaired) electrons. The van der Waals surface area contributed by atoms with Crippen molar-refractivity contribution in [3.8, 4) is 0 Å². The lowest BCUT2D eigenvalue weighted by molar-refractivity contribution is 0.0936. The number of hydrogen-bond acceptors (Lipinski definition) is 4. The van der Waals surface area contributed by atoms with Gasteiger partial charge in [-0.3, -0.25) is 4.79 Å². The molecule has 4 rings (SSSR count). The summed E-state index contributed by atoms with van der Waals surface area (Å²) in [6.45, 7) is 3.97. The molecule has 2 heterocycles. The summed E-state index contributed by atoms with van der Waals surface area (Å²) in [6.07, 6.45) is 3.61. The molecule has 1 atom stereocenters. The monoisotopic (exact) mass is 360 g/mol. The summed E-state index contributed by atoms with van der Waals surface area (Å²) in [7, 11) is 0. The van der Waals surface area contributed by atoms with Gasteiger partial charge in [0.2, 0.25) is 0 Å². The van der Waals surface area contributed by atoms with E-state index in [4.69, 9.17) is 0 Å². The van der Waals surface area contributed by atoms with Crippen molar-refractivity contribution >= 4 is 22.5 Å². The topological polar surface area (TPSA) is 58.1 Å². The summed E-state index contributed by atoms with van der Waals surface area (Å²) in [5, 5.41) is 13.7. The van der Waals surface area contributed by atoms with Crippen LogP contribution in [0.1, 0.15) is 48.3 Å². The van der Waals surface area contributed by atoms with Crippen LogP contribution in [0.3, 0.4) is 0 Å². The second kappa shape index (κ2) is 7.74. The molecule has 0 aliphatic carbocycles. The van der Waals surface area contributed by atoms with Crippen molar-refractivity contribution in [2.75, 3.05) is 18.0 Å². The lowest BCUT2D eigenvalue weighted by atomic mass is 10.1. The van der Waals surface area contributed by atoms with E-state index in [9.17, 15) is 4.79 Å². The lowest BCUT2D eigenvalue weighted by Crippen LogP contribution is -2.32. The van der Waals surface area contributed by atoms with Gasteiger partial charge in [0.25, 0.3) is 5.91 Å². The number of carbonyl (C=O) groups is 1. The van der Waals surface area contributed by atoms with Crippen LogP contribution < -0.4 is 10.2 Å². The normalized spacial score (nSPS) is 15.5.